The molecule has 1 amide bonds. The van der Waals surface area contributed by atoms with Crippen LogP contribution in [0, 0.1) is 0 Å². The number of aromatic nitrogens is 1. The van der Waals surface area contributed by atoms with E-state index >= 15 is 0 Å². The van der Waals surface area contributed by atoms with Gasteiger partial charge in [0.2, 0.25) is 0 Å². The molecule has 0 aliphatic carbocycles. The van der Waals surface area contributed by atoms with Crippen molar-refractivity contribution in [2.75, 3.05) is 11.9 Å². The number of benzene rings is 2. The summed E-state index contributed by atoms with van der Waals surface area (Å²) >= 11 is 1.44. The molecule has 0 saturated heterocycles. The van der Waals surface area contributed by atoms with Crippen LogP contribution in [0.25, 0.3) is 10.2 Å². The van der Waals surface area contributed by atoms with Gasteiger partial charge in [-0.05, 0) is 35.9 Å². The molecule has 1 aromatic heterocycles. The normalized spacial score (nSPS) is 12.4. The predicted molar refractivity (Wildman–Crippen MR) is 95.0 cm³/mol. The van der Waals surface area contributed by atoms with Gasteiger partial charge < -0.3 is 20.9 Å². The number of rotatable bonds is 2. The van der Waals surface area contributed by atoms with Gasteiger partial charge in [0.15, 0.2) is 6.61 Å². The van der Waals surface area contributed by atoms with Crippen molar-refractivity contribution in [1.29, 1.82) is 0 Å². The van der Waals surface area contributed by atoms with E-state index in [2.05, 4.69) is 10.3 Å². The van der Waals surface area contributed by atoms with E-state index in [0.29, 0.717) is 23.5 Å². The van der Waals surface area contributed by atoms with Crippen LogP contribution in [0.5, 0.6) is 5.75 Å². The number of carbonyl (C=O) groups excluding carboxylic acids is 1. The van der Waals surface area contributed by atoms with Gasteiger partial charge in [-0.2, -0.15) is 0 Å². The number of nitrogens with one attached hydrogen (secondary N) is 1. The third-order valence-electron chi connectivity index (χ3n) is 3.49. The number of hydrogen-bond donors (Lipinski definition) is 3. The van der Waals surface area contributed by atoms with Crippen molar-refractivity contribution in [2.24, 2.45) is 5.73 Å². The Hall–Kier alpha value is -2.97. The fourth-order valence-corrected chi connectivity index (χ4v) is 2.96. The van der Waals surface area contributed by atoms with Crippen molar-refractivity contribution in [3.05, 3.63) is 53.0 Å². The molecular weight excluding hydrogens is 342 g/mol. The molecule has 0 fully saturated rings. The Morgan fingerprint density at radius 3 is 2.92 bits per heavy atom. The number of nitrogens with zero attached hydrogens (tertiary/aromatic N) is 1. The number of amides is 1. The van der Waals surface area contributed by atoms with Crippen LogP contribution >= 0.6 is 11.3 Å². The molecule has 0 saturated carbocycles. The molecule has 3 aromatic rings. The van der Waals surface area contributed by atoms with E-state index < -0.39 is 5.97 Å². The molecular formula is C17H15N3O4S. The molecule has 2 aromatic carbocycles. The number of nitrogens with two attached hydrogens (primary N) is 1. The number of ether oxygens (including phenoxy) is 1. The van der Waals surface area contributed by atoms with Crippen molar-refractivity contribution in [3.8, 4) is 5.75 Å². The summed E-state index contributed by atoms with van der Waals surface area (Å²) in [4.78, 5) is 25.6. The highest BCUT2D eigenvalue weighted by Gasteiger charge is 2.15. The molecule has 8 heteroatoms. The number of thiazole rings is 1. The number of aromatic carboxylic acids is 1. The Morgan fingerprint density at radius 1 is 1.32 bits per heavy atom. The van der Waals surface area contributed by atoms with Crippen LogP contribution in [0.1, 0.15) is 15.9 Å². The van der Waals surface area contributed by atoms with E-state index in [1.807, 2.05) is 18.2 Å². The first kappa shape index (κ1) is 16.9. The van der Waals surface area contributed by atoms with Gasteiger partial charge in [0.25, 0.3) is 5.91 Å². The van der Waals surface area contributed by atoms with Crippen molar-refractivity contribution < 1.29 is 19.4 Å². The highest BCUT2D eigenvalue weighted by molar-refractivity contribution is 7.16. The van der Waals surface area contributed by atoms with Crippen LogP contribution in [0.4, 0.5) is 5.69 Å². The lowest BCUT2D eigenvalue weighted by molar-refractivity contribution is -0.118. The van der Waals surface area contributed by atoms with Gasteiger partial charge in [0.1, 0.15) is 5.75 Å². The molecule has 4 N–H and O–H groups in total. The first-order valence-corrected chi connectivity index (χ1v) is 8.27. The minimum Gasteiger partial charge on any atom is -0.482 e. The highest BCUT2D eigenvalue weighted by Crippen LogP contribution is 2.28. The average molecular weight is 357 g/mol. The lowest BCUT2D eigenvalue weighted by Gasteiger charge is -2.18. The maximum Gasteiger partial charge on any atom is 0.335 e. The van der Waals surface area contributed by atoms with Gasteiger partial charge in [-0.15, -0.1) is 11.3 Å². The van der Waals surface area contributed by atoms with Crippen molar-refractivity contribution in [1.82, 2.24) is 4.98 Å². The standard InChI is InChI=1S/C9H10N2O2.C8H5NO2S/c10-4-6-1-2-8-7(3-6)11-9(12)5-13-8;10-8(11)5-1-2-6-7(3-5)12-4-9-6/h1-3H,4-5,10H2,(H,11,12);1-4H,(H,10,11). The summed E-state index contributed by atoms with van der Waals surface area (Å²) in [6.45, 7) is 0.554. The molecule has 0 bridgehead atoms. The zero-order chi connectivity index (χ0) is 17.8. The maximum absolute atomic E-state index is 11.0. The lowest BCUT2D eigenvalue weighted by atomic mass is 10.1. The summed E-state index contributed by atoms with van der Waals surface area (Å²) in [5.41, 5.74) is 10.0. The summed E-state index contributed by atoms with van der Waals surface area (Å²) in [6, 6.07) is 10.4. The van der Waals surface area contributed by atoms with E-state index in [0.717, 1.165) is 15.8 Å². The van der Waals surface area contributed by atoms with Crippen molar-refractivity contribution >= 4 is 39.1 Å². The summed E-state index contributed by atoms with van der Waals surface area (Å²) in [7, 11) is 0. The monoisotopic (exact) mass is 357 g/mol. The topological polar surface area (TPSA) is 115 Å². The smallest absolute Gasteiger partial charge is 0.335 e. The van der Waals surface area contributed by atoms with Gasteiger partial charge in [-0.3, -0.25) is 4.79 Å². The van der Waals surface area contributed by atoms with Gasteiger partial charge >= 0.3 is 5.97 Å². The van der Waals surface area contributed by atoms with Gasteiger partial charge in [-0.1, -0.05) is 6.07 Å². The van der Waals surface area contributed by atoms with E-state index in [4.69, 9.17) is 15.6 Å². The number of carboxylic acids is 1. The zero-order valence-corrected chi connectivity index (χ0v) is 13.9. The molecule has 1 aliphatic rings. The van der Waals surface area contributed by atoms with Crippen LogP contribution in [-0.2, 0) is 11.3 Å². The second-order valence-corrected chi connectivity index (χ2v) is 6.10. The Balaban J connectivity index is 0.000000146. The van der Waals surface area contributed by atoms with Crippen LogP contribution in [0.3, 0.4) is 0 Å². The Bertz CT molecular complexity index is 939. The molecule has 25 heavy (non-hydrogen) atoms. The van der Waals surface area contributed by atoms with Crippen LogP contribution in [0.15, 0.2) is 41.9 Å². The van der Waals surface area contributed by atoms with E-state index in [1.54, 1.807) is 23.7 Å². The number of carboxylic acid groups (broad SMARTS) is 1. The molecule has 0 spiro atoms. The molecule has 1 aliphatic heterocycles. The number of carbonyl (C=O) groups is 2. The Morgan fingerprint density at radius 2 is 2.16 bits per heavy atom. The fraction of sp³-hybridized carbons (Fsp3) is 0.118. The third-order valence-corrected chi connectivity index (χ3v) is 4.28. The fourth-order valence-electron chi connectivity index (χ4n) is 2.25. The summed E-state index contributed by atoms with van der Waals surface area (Å²) in [5, 5.41) is 11.4. The molecule has 0 atom stereocenters. The highest BCUT2D eigenvalue weighted by atomic mass is 32.1. The molecule has 7 nitrogen and oxygen atoms in total. The largest absolute Gasteiger partial charge is 0.482 e. The lowest BCUT2D eigenvalue weighted by Crippen LogP contribution is -2.25. The summed E-state index contributed by atoms with van der Waals surface area (Å²) in [6.07, 6.45) is 0. The number of anilines is 1. The van der Waals surface area contributed by atoms with Crippen LogP contribution in [0.2, 0.25) is 0 Å². The van der Waals surface area contributed by atoms with Crippen molar-refractivity contribution in [2.45, 2.75) is 6.54 Å². The van der Waals surface area contributed by atoms with Crippen molar-refractivity contribution in [3.63, 3.8) is 0 Å². The van der Waals surface area contributed by atoms with E-state index in [-0.39, 0.29) is 12.5 Å². The number of fused-ring (bicyclic) bond motifs is 2. The Kier molecular flexibility index (Phi) is 4.92. The first-order chi connectivity index (χ1) is 12.1. The molecule has 0 radical (unpaired) electrons. The predicted octanol–water partition coefficient (Wildman–Crippen LogP) is 2.47. The quantitative estimate of drug-likeness (QED) is 0.649. The molecule has 128 valence electrons. The number of hydrogen-bond acceptors (Lipinski definition) is 6. The first-order valence-electron chi connectivity index (χ1n) is 7.39. The van der Waals surface area contributed by atoms with Gasteiger partial charge in [-0.25, -0.2) is 9.78 Å². The zero-order valence-electron chi connectivity index (χ0n) is 13.1. The van der Waals surface area contributed by atoms with Gasteiger partial charge in [0.05, 0.1) is 27.0 Å². The van der Waals surface area contributed by atoms with E-state index in [9.17, 15) is 9.59 Å². The maximum atomic E-state index is 11.0. The summed E-state index contributed by atoms with van der Waals surface area (Å²) in [5.74, 6) is -0.316. The average Bonchev–Trinajstić information content (AvgIpc) is 3.09. The molecule has 4 rings (SSSR count). The summed E-state index contributed by atoms with van der Waals surface area (Å²) < 4.78 is 6.09. The second kappa shape index (κ2) is 7.29. The van der Waals surface area contributed by atoms with Gasteiger partial charge in [0, 0.05) is 6.54 Å². The second-order valence-electron chi connectivity index (χ2n) is 5.21. The SMILES string of the molecule is NCc1ccc2c(c1)NC(=O)CO2.O=C(O)c1ccc2ncsc2c1. The molecule has 0 unspecified atom stereocenters. The van der Waals surface area contributed by atoms with Crippen LogP contribution < -0.4 is 15.8 Å². The van der Waals surface area contributed by atoms with E-state index in [1.165, 1.54) is 11.3 Å². The third kappa shape index (κ3) is 3.93. The molecule has 2 heterocycles. The Labute approximate surface area is 147 Å². The minimum absolute atomic E-state index is 0.0922. The minimum atomic E-state index is -0.898. The van der Waals surface area contributed by atoms with Crippen LogP contribution in [-0.4, -0.2) is 28.6 Å².